The molecule has 1 unspecified atom stereocenters. The van der Waals surface area contributed by atoms with E-state index in [-0.39, 0.29) is 5.84 Å². The van der Waals surface area contributed by atoms with Gasteiger partial charge in [-0.1, -0.05) is 31.0 Å². The van der Waals surface area contributed by atoms with Crippen LogP contribution in [0.1, 0.15) is 31.7 Å². The molecule has 2 rings (SSSR count). The van der Waals surface area contributed by atoms with Crippen LogP contribution in [-0.4, -0.2) is 18.9 Å². The summed E-state index contributed by atoms with van der Waals surface area (Å²) in [6, 6.07) is 5.73. The van der Waals surface area contributed by atoms with Crippen molar-refractivity contribution >= 4 is 23.1 Å². The number of benzene rings is 1. The third-order valence-corrected chi connectivity index (χ3v) is 3.90. The maximum Gasteiger partial charge on any atom is 0.126 e. The molecule has 1 aromatic rings. The van der Waals surface area contributed by atoms with E-state index in [4.69, 9.17) is 22.7 Å². The highest BCUT2D eigenvalue weighted by atomic mass is 35.5. The Bertz CT molecular complexity index is 445. The summed E-state index contributed by atoms with van der Waals surface area (Å²) in [5.41, 5.74) is 7.33. The summed E-state index contributed by atoms with van der Waals surface area (Å²) < 4.78 is 0. The first kappa shape index (κ1) is 13.2. The molecule has 0 spiro atoms. The highest BCUT2D eigenvalue weighted by molar-refractivity contribution is 6.34. The van der Waals surface area contributed by atoms with Gasteiger partial charge in [-0.15, -0.1) is 0 Å². The molecule has 18 heavy (non-hydrogen) atoms. The zero-order valence-electron chi connectivity index (χ0n) is 10.7. The van der Waals surface area contributed by atoms with Gasteiger partial charge in [0.1, 0.15) is 5.84 Å². The molecule has 1 aliphatic heterocycles. The van der Waals surface area contributed by atoms with Crippen LogP contribution in [-0.2, 0) is 0 Å². The molecule has 98 valence electrons. The number of rotatable bonds is 4. The smallest absolute Gasteiger partial charge is 0.126 e. The minimum atomic E-state index is 0.0505. The second-order valence-electron chi connectivity index (χ2n) is 4.94. The zero-order valence-corrected chi connectivity index (χ0v) is 11.5. The first-order chi connectivity index (χ1) is 8.63. The molecule has 1 saturated heterocycles. The van der Waals surface area contributed by atoms with Gasteiger partial charge in [0.15, 0.2) is 0 Å². The van der Waals surface area contributed by atoms with Crippen molar-refractivity contribution in [1.82, 2.24) is 0 Å². The average Bonchev–Trinajstić information content (AvgIpc) is 2.77. The normalized spacial score (nSPS) is 19.2. The van der Waals surface area contributed by atoms with Gasteiger partial charge in [-0.3, -0.25) is 5.41 Å². The molecule has 1 fully saturated rings. The second-order valence-corrected chi connectivity index (χ2v) is 5.34. The first-order valence-electron chi connectivity index (χ1n) is 6.51. The summed E-state index contributed by atoms with van der Waals surface area (Å²) in [6.45, 7) is 4.31. The Hall–Kier alpha value is -1.22. The molecule has 3 nitrogen and oxygen atoms in total. The molecule has 0 amide bonds. The van der Waals surface area contributed by atoms with Crippen LogP contribution >= 0.6 is 11.6 Å². The Morgan fingerprint density at radius 2 is 2.33 bits per heavy atom. The van der Waals surface area contributed by atoms with E-state index in [9.17, 15) is 0 Å². The van der Waals surface area contributed by atoms with Crippen LogP contribution in [0.4, 0.5) is 5.69 Å². The molecule has 0 bridgehead atoms. The van der Waals surface area contributed by atoms with Gasteiger partial charge in [-0.25, -0.2) is 0 Å². The molecule has 0 aromatic heterocycles. The molecule has 4 heteroatoms. The Morgan fingerprint density at radius 1 is 1.56 bits per heavy atom. The van der Waals surface area contributed by atoms with Crippen LogP contribution in [0.2, 0.25) is 5.02 Å². The van der Waals surface area contributed by atoms with Gasteiger partial charge in [0.25, 0.3) is 0 Å². The van der Waals surface area contributed by atoms with Gasteiger partial charge in [0.05, 0.1) is 10.6 Å². The molecule has 3 N–H and O–H groups in total. The zero-order chi connectivity index (χ0) is 13.1. The third-order valence-electron chi connectivity index (χ3n) is 3.58. The maximum atomic E-state index is 7.68. The standard InChI is InChI=1S/C14H20ClN3/c1-2-4-10-7-8-18(9-10)12-6-3-5-11(15)13(12)14(16)17/h3,5-6,10H,2,4,7-9H2,1H3,(H3,16,17). The number of anilines is 1. The van der Waals surface area contributed by atoms with Crippen LogP contribution in [0, 0.1) is 11.3 Å². The number of halogens is 1. The number of amidine groups is 1. The van der Waals surface area contributed by atoms with Crippen molar-refractivity contribution in [2.75, 3.05) is 18.0 Å². The number of nitrogens with two attached hydrogens (primary N) is 1. The Labute approximate surface area is 113 Å². The Kier molecular flexibility index (Phi) is 4.12. The van der Waals surface area contributed by atoms with Crippen molar-refractivity contribution in [2.45, 2.75) is 26.2 Å². The van der Waals surface area contributed by atoms with Gasteiger partial charge in [-0.05, 0) is 30.9 Å². The predicted octanol–water partition coefficient (Wildman–Crippen LogP) is 3.25. The second kappa shape index (κ2) is 5.61. The molecule has 1 aromatic carbocycles. The first-order valence-corrected chi connectivity index (χ1v) is 6.89. The van der Waals surface area contributed by atoms with E-state index in [1.807, 2.05) is 12.1 Å². The average molecular weight is 266 g/mol. The molecular weight excluding hydrogens is 246 g/mol. The molecule has 1 atom stereocenters. The van der Waals surface area contributed by atoms with E-state index in [1.54, 1.807) is 6.07 Å². The lowest BCUT2D eigenvalue weighted by Gasteiger charge is -2.22. The van der Waals surface area contributed by atoms with Crippen molar-refractivity contribution in [2.24, 2.45) is 11.7 Å². The van der Waals surface area contributed by atoms with E-state index in [2.05, 4.69) is 11.8 Å². The van der Waals surface area contributed by atoms with Crippen LogP contribution < -0.4 is 10.6 Å². The lowest BCUT2D eigenvalue weighted by atomic mass is 10.0. The Balaban J connectivity index is 2.24. The van der Waals surface area contributed by atoms with E-state index in [0.29, 0.717) is 10.6 Å². The van der Waals surface area contributed by atoms with Crippen molar-refractivity contribution < 1.29 is 0 Å². The fourth-order valence-electron chi connectivity index (χ4n) is 2.74. The van der Waals surface area contributed by atoms with E-state index in [0.717, 1.165) is 24.7 Å². The van der Waals surface area contributed by atoms with Gasteiger partial charge in [0, 0.05) is 18.8 Å². The van der Waals surface area contributed by atoms with E-state index < -0.39 is 0 Å². The predicted molar refractivity (Wildman–Crippen MR) is 77.7 cm³/mol. The van der Waals surface area contributed by atoms with Crippen LogP contribution in [0.5, 0.6) is 0 Å². The van der Waals surface area contributed by atoms with Crippen molar-refractivity contribution in [3.05, 3.63) is 28.8 Å². The summed E-state index contributed by atoms with van der Waals surface area (Å²) >= 11 is 6.15. The van der Waals surface area contributed by atoms with Crippen molar-refractivity contribution in [3.63, 3.8) is 0 Å². The van der Waals surface area contributed by atoms with Crippen LogP contribution in [0.25, 0.3) is 0 Å². The number of hydrogen-bond acceptors (Lipinski definition) is 2. The number of nitrogens with one attached hydrogen (secondary N) is 1. The minimum absolute atomic E-state index is 0.0505. The topological polar surface area (TPSA) is 53.1 Å². The maximum absolute atomic E-state index is 7.68. The minimum Gasteiger partial charge on any atom is -0.384 e. The fraction of sp³-hybridized carbons (Fsp3) is 0.500. The third kappa shape index (κ3) is 2.61. The monoisotopic (exact) mass is 265 g/mol. The van der Waals surface area contributed by atoms with Gasteiger partial charge >= 0.3 is 0 Å². The fourth-order valence-corrected chi connectivity index (χ4v) is 3.01. The number of nitrogens with zero attached hydrogens (tertiary/aromatic N) is 1. The number of hydrogen-bond donors (Lipinski definition) is 2. The van der Waals surface area contributed by atoms with Crippen LogP contribution in [0.3, 0.4) is 0 Å². The van der Waals surface area contributed by atoms with Gasteiger partial charge < -0.3 is 10.6 Å². The summed E-state index contributed by atoms with van der Waals surface area (Å²) in [4.78, 5) is 2.31. The van der Waals surface area contributed by atoms with Crippen molar-refractivity contribution in [3.8, 4) is 0 Å². The molecule has 0 radical (unpaired) electrons. The molecule has 1 aliphatic rings. The van der Waals surface area contributed by atoms with Crippen molar-refractivity contribution in [1.29, 1.82) is 5.41 Å². The number of nitrogen functional groups attached to an aromatic ring is 1. The lowest BCUT2D eigenvalue weighted by molar-refractivity contribution is 0.530. The van der Waals surface area contributed by atoms with Gasteiger partial charge in [-0.2, -0.15) is 0 Å². The molecule has 0 aliphatic carbocycles. The molecular formula is C14H20ClN3. The summed E-state index contributed by atoms with van der Waals surface area (Å²) in [6.07, 6.45) is 3.72. The molecule has 1 heterocycles. The summed E-state index contributed by atoms with van der Waals surface area (Å²) in [5, 5.41) is 8.25. The molecule has 0 saturated carbocycles. The Morgan fingerprint density at radius 3 is 3.00 bits per heavy atom. The van der Waals surface area contributed by atoms with Gasteiger partial charge in [0.2, 0.25) is 0 Å². The SMILES string of the molecule is CCCC1CCN(c2cccc(Cl)c2C(=N)N)C1. The lowest BCUT2D eigenvalue weighted by Crippen LogP contribution is -2.24. The largest absolute Gasteiger partial charge is 0.384 e. The summed E-state index contributed by atoms with van der Waals surface area (Å²) in [7, 11) is 0. The quantitative estimate of drug-likeness (QED) is 0.649. The van der Waals surface area contributed by atoms with E-state index >= 15 is 0 Å². The highest BCUT2D eigenvalue weighted by Crippen LogP contribution is 2.32. The summed E-state index contributed by atoms with van der Waals surface area (Å²) in [5.74, 6) is 0.809. The highest BCUT2D eigenvalue weighted by Gasteiger charge is 2.24. The van der Waals surface area contributed by atoms with Crippen LogP contribution in [0.15, 0.2) is 18.2 Å². The van der Waals surface area contributed by atoms with E-state index in [1.165, 1.54) is 19.3 Å².